The Labute approximate surface area is 138 Å². The van der Waals surface area contributed by atoms with Crippen molar-refractivity contribution < 1.29 is 14.1 Å². The van der Waals surface area contributed by atoms with Gasteiger partial charge in [0.25, 0.3) is 0 Å². The maximum atomic E-state index is 12.5. The fraction of sp³-hybridized carbons (Fsp3) is 0.562. The topological polar surface area (TPSA) is 68.5 Å². The molecule has 0 bridgehead atoms. The van der Waals surface area contributed by atoms with E-state index in [9.17, 15) is 4.79 Å². The van der Waals surface area contributed by atoms with Crippen LogP contribution < -0.4 is 0 Å². The smallest absolute Gasteiger partial charge is 0.232 e. The van der Waals surface area contributed by atoms with Crippen LogP contribution in [0.25, 0.3) is 0 Å². The normalized spacial score (nSPS) is 27.2. The molecular weight excluding hydrogens is 314 g/mol. The molecule has 0 unspecified atom stereocenters. The van der Waals surface area contributed by atoms with Crippen LogP contribution in [0.1, 0.15) is 22.5 Å². The number of fused-ring (bicyclic) bond motifs is 1. The Morgan fingerprint density at radius 3 is 3.09 bits per heavy atom. The molecule has 2 aromatic heterocycles. The van der Waals surface area contributed by atoms with Gasteiger partial charge in [-0.2, -0.15) is 4.98 Å². The van der Waals surface area contributed by atoms with E-state index < -0.39 is 0 Å². The number of carbonyl (C=O) groups is 1. The van der Waals surface area contributed by atoms with Gasteiger partial charge in [-0.3, -0.25) is 4.79 Å². The van der Waals surface area contributed by atoms with E-state index >= 15 is 0 Å². The first-order valence-corrected chi connectivity index (χ1v) is 8.77. The van der Waals surface area contributed by atoms with Crippen molar-refractivity contribution in [1.82, 2.24) is 15.0 Å². The highest BCUT2D eigenvalue weighted by Crippen LogP contribution is 2.39. The van der Waals surface area contributed by atoms with E-state index in [0.29, 0.717) is 43.2 Å². The molecule has 2 aromatic rings. The van der Waals surface area contributed by atoms with Crippen LogP contribution >= 0.6 is 11.3 Å². The van der Waals surface area contributed by atoms with E-state index in [-0.39, 0.29) is 11.8 Å². The molecule has 23 heavy (non-hydrogen) atoms. The molecule has 0 radical (unpaired) electrons. The summed E-state index contributed by atoms with van der Waals surface area (Å²) in [4.78, 5) is 20.0. The van der Waals surface area contributed by atoms with E-state index in [1.807, 2.05) is 29.3 Å². The number of likely N-dealkylation sites (tertiary alicyclic amines) is 1. The van der Waals surface area contributed by atoms with Gasteiger partial charge in [-0.25, -0.2) is 0 Å². The maximum Gasteiger partial charge on any atom is 0.232 e. The largest absolute Gasteiger partial charge is 0.380 e. The highest BCUT2D eigenvalue weighted by molar-refractivity contribution is 7.10. The number of amides is 1. The average molecular weight is 333 g/mol. The Hall–Kier alpha value is -1.73. The lowest BCUT2D eigenvalue weighted by Crippen LogP contribution is -2.33. The van der Waals surface area contributed by atoms with Gasteiger partial charge < -0.3 is 14.2 Å². The molecule has 0 aliphatic carbocycles. The Balaban J connectivity index is 1.47. The lowest BCUT2D eigenvalue weighted by Gasteiger charge is -2.30. The van der Waals surface area contributed by atoms with Crippen molar-refractivity contribution >= 4 is 17.2 Å². The zero-order valence-corrected chi connectivity index (χ0v) is 13.8. The number of carbonyl (C=O) groups excluding carboxylic acids is 1. The number of hydrogen-bond acceptors (Lipinski definition) is 6. The zero-order chi connectivity index (χ0) is 15.8. The van der Waals surface area contributed by atoms with Crippen molar-refractivity contribution in [2.75, 3.05) is 26.3 Å². The van der Waals surface area contributed by atoms with Gasteiger partial charge in [-0.1, -0.05) is 11.2 Å². The molecule has 6 nitrogen and oxygen atoms in total. The molecule has 2 aliphatic rings. The molecular formula is C16H19N3O3S. The summed E-state index contributed by atoms with van der Waals surface area (Å²) < 4.78 is 11.1. The summed E-state index contributed by atoms with van der Waals surface area (Å²) >= 11 is 1.63. The molecule has 4 rings (SSSR count). The summed E-state index contributed by atoms with van der Waals surface area (Å²) in [6, 6.07) is 4.00. The summed E-state index contributed by atoms with van der Waals surface area (Å²) in [5.74, 6) is 2.27. The van der Waals surface area contributed by atoms with Crippen LogP contribution in [0.5, 0.6) is 0 Å². The minimum absolute atomic E-state index is 0.0921. The van der Waals surface area contributed by atoms with Crippen LogP contribution in [-0.2, 0) is 16.0 Å². The second-order valence-corrected chi connectivity index (χ2v) is 7.33. The monoisotopic (exact) mass is 333 g/mol. The van der Waals surface area contributed by atoms with Crippen molar-refractivity contribution in [2.45, 2.75) is 19.3 Å². The van der Waals surface area contributed by atoms with Gasteiger partial charge in [0, 0.05) is 23.9 Å². The lowest BCUT2D eigenvalue weighted by molar-refractivity contribution is -0.129. The molecule has 1 amide bonds. The van der Waals surface area contributed by atoms with Gasteiger partial charge in [-0.05, 0) is 24.3 Å². The van der Waals surface area contributed by atoms with Crippen LogP contribution in [0.15, 0.2) is 22.0 Å². The molecule has 2 fully saturated rings. The van der Waals surface area contributed by atoms with Crippen molar-refractivity contribution in [3.8, 4) is 0 Å². The minimum Gasteiger partial charge on any atom is -0.380 e. The molecule has 0 spiro atoms. The molecule has 2 aliphatic heterocycles. The van der Waals surface area contributed by atoms with Crippen LogP contribution in [0.4, 0.5) is 0 Å². The number of rotatable bonds is 3. The second kappa shape index (κ2) is 6.05. The lowest BCUT2D eigenvalue weighted by atomic mass is 9.83. The minimum atomic E-state index is 0.0921. The standard InChI is InChI=1S/C16H19N3O3S/c1-10-17-16(22-18-10)14-9-21-8-11-6-19(7-13(11)14)15(20)5-12-3-2-4-23-12/h2-4,11,13-14H,5-9H2,1H3/t11-,13-,14+/m1/s1. The highest BCUT2D eigenvalue weighted by atomic mass is 32.1. The van der Waals surface area contributed by atoms with Crippen molar-refractivity contribution in [2.24, 2.45) is 11.8 Å². The summed E-state index contributed by atoms with van der Waals surface area (Å²) in [6.45, 7) is 4.63. The third-order valence-corrected chi connectivity index (χ3v) is 5.63. The number of hydrogen-bond donors (Lipinski definition) is 0. The number of nitrogens with zero attached hydrogens (tertiary/aromatic N) is 3. The van der Waals surface area contributed by atoms with Crippen LogP contribution in [0, 0.1) is 18.8 Å². The Kier molecular flexibility index (Phi) is 3.90. The van der Waals surface area contributed by atoms with Gasteiger partial charge in [0.15, 0.2) is 5.82 Å². The zero-order valence-electron chi connectivity index (χ0n) is 13.0. The molecule has 0 saturated carbocycles. The van der Waals surface area contributed by atoms with Gasteiger partial charge in [0.05, 0.1) is 25.6 Å². The first-order valence-electron chi connectivity index (χ1n) is 7.89. The maximum absolute atomic E-state index is 12.5. The quantitative estimate of drug-likeness (QED) is 0.858. The molecule has 3 atom stereocenters. The summed E-state index contributed by atoms with van der Waals surface area (Å²) in [6.07, 6.45) is 0.488. The van der Waals surface area contributed by atoms with E-state index in [2.05, 4.69) is 10.1 Å². The molecule has 2 saturated heterocycles. The third-order valence-electron chi connectivity index (χ3n) is 4.76. The average Bonchev–Trinajstić information content (AvgIpc) is 3.26. The summed E-state index contributed by atoms with van der Waals surface area (Å²) in [7, 11) is 0. The fourth-order valence-electron chi connectivity index (χ4n) is 3.59. The van der Waals surface area contributed by atoms with Gasteiger partial charge in [0.2, 0.25) is 11.8 Å². The van der Waals surface area contributed by atoms with E-state index in [0.717, 1.165) is 18.0 Å². The molecule has 7 heteroatoms. The molecule has 0 aromatic carbocycles. The first kappa shape index (κ1) is 14.8. The van der Waals surface area contributed by atoms with E-state index in [4.69, 9.17) is 9.26 Å². The van der Waals surface area contributed by atoms with Crippen LogP contribution in [0.3, 0.4) is 0 Å². The summed E-state index contributed by atoms with van der Waals surface area (Å²) in [5.41, 5.74) is 0. The Bertz CT molecular complexity index is 685. The number of ether oxygens (including phenoxy) is 1. The van der Waals surface area contributed by atoms with E-state index in [1.54, 1.807) is 11.3 Å². The van der Waals surface area contributed by atoms with E-state index in [1.165, 1.54) is 0 Å². The predicted molar refractivity (Wildman–Crippen MR) is 84.2 cm³/mol. The number of aryl methyl sites for hydroxylation is 1. The van der Waals surface area contributed by atoms with Crippen LogP contribution in [-0.4, -0.2) is 47.3 Å². The van der Waals surface area contributed by atoms with Gasteiger partial charge in [0.1, 0.15) is 0 Å². The molecule has 4 heterocycles. The van der Waals surface area contributed by atoms with Crippen LogP contribution in [0.2, 0.25) is 0 Å². The number of thiophene rings is 1. The molecule has 122 valence electrons. The second-order valence-electron chi connectivity index (χ2n) is 6.30. The molecule has 0 N–H and O–H groups in total. The first-order chi connectivity index (χ1) is 11.2. The van der Waals surface area contributed by atoms with Crippen molar-refractivity contribution in [3.63, 3.8) is 0 Å². The number of aromatic nitrogens is 2. The fourth-order valence-corrected chi connectivity index (χ4v) is 4.29. The highest BCUT2D eigenvalue weighted by Gasteiger charge is 2.44. The Morgan fingerprint density at radius 1 is 1.43 bits per heavy atom. The van der Waals surface area contributed by atoms with Gasteiger partial charge in [-0.15, -0.1) is 11.3 Å². The van der Waals surface area contributed by atoms with Crippen molar-refractivity contribution in [1.29, 1.82) is 0 Å². The predicted octanol–water partition coefficient (Wildman–Crippen LogP) is 1.87. The summed E-state index contributed by atoms with van der Waals surface area (Å²) in [5, 5.41) is 5.90. The van der Waals surface area contributed by atoms with Crippen molar-refractivity contribution in [3.05, 3.63) is 34.1 Å². The SMILES string of the molecule is Cc1noc([C@H]2COC[C@H]3CN(C(=O)Cc4cccs4)C[C@H]32)n1. The third kappa shape index (κ3) is 2.90. The Morgan fingerprint density at radius 2 is 2.35 bits per heavy atom. The van der Waals surface area contributed by atoms with Gasteiger partial charge >= 0.3 is 0 Å².